The molecule has 0 heterocycles. The lowest BCUT2D eigenvalue weighted by Gasteiger charge is -2.18. The third-order valence-electron chi connectivity index (χ3n) is 14.6. The molecule has 0 aliphatic rings. The summed E-state index contributed by atoms with van der Waals surface area (Å²) in [6.45, 7) is 6.36. The van der Waals surface area contributed by atoms with E-state index in [1.807, 2.05) is 0 Å². The second-order valence-corrected chi connectivity index (χ2v) is 22.7. The molecule has 0 radical (unpaired) electrons. The molecular formula is C77H128O6. The first kappa shape index (κ1) is 78.5. The highest BCUT2D eigenvalue weighted by Crippen LogP contribution is 2.17. The number of hydrogen-bond donors (Lipinski definition) is 0. The van der Waals surface area contributed by atoms with Crippen LogP contribution < -0.4 is 0 Å². The van der Waals surface area contributed by atoms with Gasteiger partial charge in [0.15, 0.2) is 6.10 Å². The number of esters is 3. The van der Waals surface area contributed by atoms with Crippen molar-refractivity contribution in [3.05, 3.63) is 134 Å². The van der Waals surface area contributed by atoms with Gasteiger partial charge in [-0.05, 0) is 135 Å². The number of unbranched alkanes of at least 4 members (excludes halogenated alkanes) is 29. The fourth-order valence-corrected chi connectivity index (χ4v) is 9.49. The van der Waals surface area contributed by atoms with Crippen LogP contribution >= 0.6 is 0 Å². The van der Waals surface area contributed by atoms with Crippen molar-refractivity contribution in [3.8, 4) is 0 Å². The number of allylic oxidation sites excluding steroid dienone is 22. The van der Waals surface area contributed by atoms with E-state index in [0.29, 0.717) is 19.3 Å². The van der Waals surface area contributed by atoms with E-state index in [0.717, 1.165) is 122 Å². The summed E-state index contributed by atoms with van der Waals surface area (Å²) in [4.78, 5) is 38.3. The summed E-state index contributed by atoms with van der Waals surface area (Å²) in [5.41, 5.74) is 0. The van der Waals surface area contributed by atoms with Gasteiger partial charge in [0.25, 0.3) is 0 Å². The SMILES string of the molecule is CC/C=C\C/C=C\C/C=C\C/C=C\C/C=C\C/C=C\CCCCC(=O)OC(COC(=O)CCCCC/C=C\C/C=C\C/C=C\CC)COC(=O)CCCCCCCCCCCCCCCCCCCCC/C=C\C/C=C\CCCCCCC. The van der Waals surface area contributed by atoms with Crippen molar-refractivity contribution in [1.82, 2.24) is 0 Å². The molecule has 0 bridgehead atoms. The monoisotopic (exact) mass is 1150 g/mol. The highest BCUT2D eigenvalue weighted by atomic mass is 16.6. The van der Waals surface area contributed by atoms with Gasteiger partial charge >= 0.3 is 17.9 Å². The second-order valence-electron chi connectivity index (χ2n) is 22.7. The summed E-state index contributed by atoms with van der Waals surface area (Å²) in [5.74, 6) is -0.976. The first-order valence-corrected chi connectivity index (χ1v) is 34.7. The Kier molecular flexibility index (Phi) is 66.3. The van der Waals surface area contributed by atoms with Crippen molar-refractivity contribution in [1.29, 1.82) is 0 Å². The van der Waals surface area contributed by atoms with Gasteiger partial charge in [-0.3, -0.25) is 14.4 Å². The summed E-state index contributed by atoms with van der Waals surface area (Å²) < 4.78 is 16.9. The average molecular weight is 1150 g/mol. The van der Waals surface area contributed by atoms with Crippen LogP contribution in [0.25, 0.3) is 0 Å². The zero-order chi connectivity index (χ0) is 59.9. The van der Waals surface area contributed by atoms with Crippen LogP contribution in [0.1, 0.15) is 316 Å². The summed E-state index contributed by atoms with van der Waals surface area (Å²) in [5, 5.41) is 0. The van der Waals surface area contributed by atoms with E-state index in [1.165, 1.54) is 148 Å². The van der Waals surface area contributed by atoms with Crippen LogP contribution in [0.5, 0.6) is 0 Å². The fourth-order valence-electron chi connectivity index (χ4n) is 9.49. The number of rotatable bonds is 62. The molecule has 6 heteroatoms. The maximum Gasteiger partial charge on any atom is 0.306 e. The molecule has 0 aromatic rings. The molecule has 0 rings (SSSR count). The van der Waals surface area contributed by atoms with Crippen molar-refractivity contribution in [3.63, 3.8) is 0 Å². The van der Waals surface area contributed by atoms with Gasteiger partial charge in [-0.25, -0.2) is 0 Å². The van der Waals surface area contributed by atoms with E-state index >= 15 is 0 Å². The van der Waals surface area contributed by atoms with Gasteiger partial charge in [0, 0.05) is 19.3 Å². The Hall–Kier alpha value is -4.45. The molecular weight excluding hydrogens is 1020 g/mol. The normalized spacial score (nSPS) is 13.0. The first-order valence-electron chi connectivity index (χ1n) is 34.7. The number of ether oxygens (including phenoxy) is 3. The van der Waals surface area contributed by atoms with Crippen LogP contribution in [0.15, 0.2) is 134 Å². The highest BCUT2D eigenvalue weighted by Gasteiger charge is 2.19. The molecule has 83 heavy (non-hydrogen) atoms. The van der Waals surface area contributed by atoms with Crippen LogP contribution in [-0.2, 0) is 28.6 Å². The Morgan fingerprint density at radius 1 is 0.253 bits per heavy atom. The van der Waals surface area contributed by atoms with Crippen LogP contribution in [0.2, 0.25) is 0 Å². The fraction of sp³-hybridized carbons (Fsp3) is 0.675. The minimum atomic E-state index is -0.818. The predicted octanol–water partition coefficient (Wildman–Crippen LogP) is 24.1. The molecule has 1 unspecified atom stereocenters. The second kappa shape index (κ2) is 70.0. The topological polar surface area (TPSA) is 78.9 Å². The molecule has 0 saturated carbocycles. The number of carbonyl (C=O) groups excluding carboxylic acids is 3. The predicted molar refractivity (Wildman–Crippen MR) is 362 cm³/mol. The van der Waals surface area contributed by atoms with E-state index in [4.69, 9.17) is 14.2 Å². The summed E-state index contributed by atoms with van der Waals surface area (Å²) in [6.07, 6.45) is 99.2. The molecule has 0 spiro atoms. The van der Waals surface area contributed by atoms with Crippen molar-refractivity contribution in [2.75, 3.05) is 13.2 Å². The standard InChI is InChI=1S/C77H128O6/c1-4-7-10-13-16-19-22-25-27-29-31-33-34-35-36-37-38-39-40-41-42-44-45-47-49-52-55-58-61-64-67-70-76(79)82-73-74(72-81-75(78)69-66-63-60-57-54-51-24-21-18-15-12-9-6-3)83-77(80)71-68-65-62-59-56-53-50-48-46-43-32-30-28-26-23-20-17-14-11-8-5-2/h8-9,11-12,17-18,20-22,25-26,28-29,31-32,43,48,50-51,54,56,59,74H,4-7,10,13-16,19,23-24,27,30,33-42,44-47,49,52-53,55,57-58,60-73H2,1-3H3/b11-8-,12-9-,20-17-,21-18-,25-22-,28-26-,31-29-,43-32-,50-48-,54-51-,59-56-. The number of hydrogen-bond acceptors (Lipinski definition) is 6. The minimum absolute atomic E-state index is 0.107. The molecule has 0 N–H and O–H groups in total. The van der Waals surface area contributed by atoms with Gasteiger partial charge in [0.2, 0.25) is 0 Å². The Morgan fingerprint density at radius 3 is 0.771 bits per heavy atom. The van der Waals surface area contributed by atoms with Gasteiger partial charge in [0.1, 0.15) is 13.2 Å². The number of carbonyl (C=O) groups is 3. The Labute approximate surface area is 513 Å². The van der Waals surface area contributed by atoms with Gasteiger partial charge in [-0.2, -0.15) is 0 Å². The lowest BCUT2D eigenvalue weighted by Crippen LogP contribution is -2.30. The van der Waals surface area contributed by atoms with Crippen LogP contribution in [0.4, 0.5) is 0 Å². The molecule has 472 valence electrons. The van der Waals surface area contributed by atoms with E-state index in [1.54, 1.807) is 0 Å². The molecule has 0 fully saturated rings. The van der Waals surface area contributed by atoms with Crippen molar-refractivity contribution < 1.29 is 28.6 Å². The molecule has 0 aromatic carbocycles. The third kappa shape index (κ3) is 68.2. The van der Waals surface area contributed by atoms with Crippen LogP contribution in [0, 0.1) is 0 Å². The molecule has 1 atom stereocenters. The Bertz CT molecular complexity index is 1750. The zero-order valence-corrected chi connectivity index (χ0v) is 54.2. The first-order chi connectivity index (χ1) is 41.0. The lowest BCUT2D eigenvalue weighted by atomic mass is 10.0. The molecule has 0 aliphatic heterocycles. The van der Waals surface area contributed by atoms with E-state index in [9.17, 15) is 14.4 Å². The molecule has 0 amide bonds. The lowest BCUT2D eigenvalue weighted by molar-refractivity contribution is -0.167. The summed E-state index contributed by atoms with van der Waals surface area (Å²) in [6, 6.07) is 0. The van der Waals surface area contributed by atoms with Crippen molar-refractivity contribution in [2.45, 2.75) is 322 Å². The van der Waals surface area contributed by atoms with Gasteiger partial charge in [-0.15, -0.1) is 0 Å². The van der Waals surface area contributed by atoms with E-state index in [2.05, 4.69) is 154 Å². The van der Waals surface area contributed by atoms with Crippen molar-refractivity contribution in [2.24, 2.45) is 0 Å². The maximum absolute atomic E-state index is 12.9. The van der Waals surface area contributed by atoms with Crippen LogP contribution in [0.3, 0.4) is 0 Å². The van der Waals surface area contributed by atoms with E-state index in [-0.39, 0.29) is 37.5 Å². The molecule has 6 nitrogen and oxygen atoms in total. The Balaban J connectivity index is 4.30. The quantitative estimate of drug-likeness (QED) is 0.0261. The molecule has 0 saturated heterocycles. The highest BCUT2D eigenvalue weighted by molar-refractivity contribution is 5.71. The van der Waals surface area contributed by atoms with Gasteiger partial charge in [0.05, 0.1) is 0 Å². The molecule has 0 aromatic heterocycles. The van der Waals surface area contributed by atoms with Gasteiger partial charge in [-0.1, -0.05) is 296 Å². The van der Waals surface area contributed by atoms with Crippen molar-refractivity contribution >= 4 is 17.9 Å². The smallest absolute Gasteiger partial charge is 0.306 e. The third-order valence-corrected chi connectivity index (χ3v) is 14.6. The molecule has 0 aliphatic carbocycles. The summed E-state index contributed by atoms with van der Waals surface area (Å²) in [7, 11) is 0. The maximum atomic E-state index is 12.9. The zero-order valence-electron chi connectivity index (χ0n) is 54.2. The van der Waals surface area contributed by atoms with Crippen LogP contribution in [-0.4, -0.2) is 37.2 Å². The summed E-state index contributed by atoms with van der Waals surface area (Å²) >= 11 is 0. The minimum Gasteiger partial charge on any atom is -0.462 e. The average Bonchev–Trinajstić information content (AvgIpc) is 3.49. The van der Waals surface area contributed by atoms with E-state index < -0.39 is 6.10 Å². The van der Waals surface area contributed by atoms with Gasteiger partial charge < -0.3 is 14.2 Å². The Morgan fingerprint density at radius 2 is 0.470 bits per heavy atom. The largest absolute Gasteiger partial charge is 0.462 e.